The molecule has 2 aromatic carbocycles. The van der Waals surface area contributed by atoms with E-state index in [2.05, 4.69) is 54.9 Å². The van der Waals surface area contributed by atoms with Gasteiger partial charge in [0, 0.05) is 24.4 Å². The Balaban J connectivity index is 0.000000181. The van der Waals surface area contributed by atoms with Gasteiger partial charge in [0.1, 0.15) is 17.2 Å². The van der Waals surface area contributed by atoms with E-state index in [0.717, 1.165) is 5.56 Å². The van der Waals surface area contributed by atoms with Crippen LogP contribution in [0.5, 0.6) is 0 Å². The van der Waals surface area contributed by atoms with Crippen molar-refractivity contribution in [2.45, 2.75) is 32.6 Å². The van der Waals surface area contributed by atoms with Gasteiger partial charge in [-0.2, -0.15) is 4.57 Å². The highest BCUT2D eigenvalue weighted by atomic mass is 32.2. The molecule has 0 aliphatic carbocycles. The molecule has 0 atom stereocenters. The van der Waals surface area contributed by atoms with Crippen molar-refractivity contribution < 1.29 is 17.5 Å². The van der Waals surface area contributed by atoms with Crippen molar-refractivity contribution in [3.63, 3.8) is 0 Å². The molecule has 0 aliphatic heterocycles. The van der Waals surface area contributed by atoms with E-state index in [9.17, 15) is 13.0 Å². The molecule has 1 aromatic heterocycles. The standard InChI is InChI=1S/C11H12N.C9H12O3S/c1-9-7-8-10-5-3-4-6-11(10)12(9)2;1-6-4-7(2)9(8(3)5-6)13(10,11)12/h3-8H,1-2H3;4-5H,1-3H3,(H,10,11,12)/q+1;/p-1. The number of hydrogen-bond donors (Lipinski definition) is 0. The van der Waals surface area contributed by atoms with Crippen LogP contribution in [0.25, 0.3) is 10.9 Å². The summed E-state index contributed by atoms with van der Waals surface area (Å²) < 4.78 is 34.7. The van der Waals surface area contributed by atoms with Gasteiger partial charge in [-0.05, 0) is 44.0 Å². The zero-order chi connectivity index (χ0) is 18.8. The molecule has 4 nitrogen and oxygen atoms in total. The quantitative estimate of drug-likeness (QED) is 0.495. The molecule has 0 aliphatic rings. The van der Waals surface area contributed by atoms with Crippen molar-refractivity contribution in [1.29, 1.82) is 0 Å². The van der Waals surface area contributed by atoms with Gasteiger partial charge < -0.3 is 4.55 Å². The van der Waals surface area contributed by atoms with Crippen molar-refractivity contribution in [2.24, 2.45) is 7.05 Å². The molecule has 0 N–H and O–H groups in total. The number of benzene rings is 2. The number of nitrogens with zero attached hydrogens (tertiary/aromatic N) is 1. The minimum atomic E-state index is -4.33. The molecule has 0 amide bonds. The first kappa shape index (κ1) is 19.1. The molecule has 25 heavy (non-hydrogen) atoms. The highest BCUT2D eigenvalue weighted by Crippen LogP contribution is 2.20. The average Bonchev–Trinajstić information content (AvgIpc) is 2.49. The fourth-order valence-corrected chi connectivity index (χ4v) is 3.91. The fraction of sp³-hybridized carbons (Fsp3) is 0.250. The van der Waals surface area contributed by atoms with Crippen LogP contribution in [0.4, 0.5) is 0 Å². The van der Waals surface area contributed by atoms with E-state index < -0.39 is 10.1 Å². The summed E-state index contributed by atoms with van der Waals surface area (Å²) in [5.74, 6) is 0. The van der Waals surface area contributed by atoms with Crippen LogP contribution >= 0.6 is 0 Å². The Labute approximate surface area is 149 Å². The second-order valence-corrected chi connectivity index (χ2v) is 7.59. The van der Waals surface area contributed by atoms with Crippen molar-refractivity contribution in [3.8, 4) is 0 Å². The Kier molecular flexibility index (Phi) is 5.60. The van der Waals surface area contributed by atoms with Crippen molar-refractivity contribution in [2.75, 3.05) is 0 Å². The Hall–Kier alpha value is -2.24. The number of para-hydroxylation sites is 1. The maximum absolute atomic E-state index is 10.8. The molecule has 3 rings (SSSR count). The molecule has 1 heterocycles. The number of pyridine rings is 1. The zero-order valence-electron chi connectivity index (χ0n) is 15.2. The van der Waals surface area contributed by atoms with Gasteiger partial charge in [0.2, 0.25) is 5.52 Å². The lowest BCUT2D eigenvalue weighted by Crippen LogP contribution is -2.32. The predicted molar refractivity (Wildman–Crippen MR) is 98.5 cm³/mol. The molecule has 0 fully saturated rings. The van der Waals surface area contributed by atoms with E-state index in [0.29, 0.717) is 11.1 Å². The lowest BCUT2D eigenvalue weighted by molar-refractivity contribution is -0.651. The SMILES string of the molecule is Cc1cc(C)c(S(=O)(=O)[O-])c(C)c1.Cc1ccc2ccccc2[n+]1C. The number of aryl methyl sites for hydroxylation is 5. The molecule has 3 aromatic rings. The van der Waals surface area contributed by atoms with Crippen LogP contribution < -0.4 is 4.57 Å². The number of hydrogen-bond acceptors (Lipinski definition) is 3. The van der Waals surface area contributed by atoms with Crippen LogP contribution in [0.1, 0.15) is 22.4 Å². The van der Waals surface area contributed by atoms with Gasteiger partial charge in [0.25, 0.3) is 0 Å². The van der Waals surface area contributed by atoms with Crippen molar-refractivity contribution in [1.82, 2.24) is 0 Å². The number of fused-ring (bicyclic) bond motifs is 1. The topological polar surface area (TPSA) is 61.1 Å². The summed E-state index contributed by atoms with van der Waals surface area (Å²) in [5.41, 5.74) is 4.58. The molecule has 0 spiro atoms. The summed E-state index contributed by atoms with van der Waals surface area (Å²) in [6, 6.07) is 16.1. The first-order valence-electron chi connectivity index (χ1n) is 7.99. The molecule has 0 radical (unpaired) electrons. The first-order valence-corrected chi connectivity index (χ1v) is 9.40. The second-order valence-electron chi connectivity index (χ2n) is 6.27. The number of aromatic nitrogens is 1. The average molecular weight is 357 g/mol. The minimum Gasteiger partial charge on any atom is -0.744 e. The third kappa shape index (κ3) is 4.44. The lowest BCUT2D eigenvalue weighted by atomic mass is 10.1. The second kappa shape index (κ2) is 7.33. The van der Waals surface area contributed by atoms with Crippen LogP contribution in [0, 0.1) is 27.7 Å². The van der Waals surface area contributed by atoms with Crippen LogP contribution in [-0.2, 0) is 17.2 Å². The maximum Gasteiger partial charge on any atom is 0.212 e. The molecule has 0 unspecified atom stereocenters. The summed E-state index contributed by atoms with van der Waals surface area (Å²) in [4.78, 5) is -0.0851. The molecule has 0 saturated heterocycles. The molecular formula is C20H23NO3S. The highest BCUT2D eigenvalue weighted by molar-refractivity contribution is 7.85. The van der Waals surface area contributed by atoms with E-state index >= 15 is 0 Å². The van der Waals surface area contributed by atoms with Crippen LogP contribution in [-0.4, -0.2) is 13.0 Å². The van der Waals surface area contributed by atoms with Gasteiger partial charge in [-0.15, -0.1) is 0 Å². The van der Waals surface area contributed by atoms with Gasteiger partial charge in [-0.25, -0.2) is 8.42 Å². The van der Waals surface area contributed by atoms with Gasteiger partial charge in [-0.3, -0.25) is 0 Å². The summed E-state index contributed by atoms with van der Waals surface area (Å²) in [7, 11) is -2.24. The Morgan fingerprint density at radius 2 is 1.44 bits per heavy atom. The molecule has 0 bridgehead atoms. The van der Waals surface area contributed by atoms with E-state index in [4.69, 9.17) is 0 Å². The van der Waals surface area contributed by atoms with E-state index in [1.54, 1.807) is 26.0 Å². The van der Waals surface area contributed by atoms with Gasteiger partial charge >= 0.3 is 0 Å². The van der Waals surface area contributed by atoms with E-state index in [1.165, 1.54) is 16.6 Å². The molecular weight excluding hydrogens is 334 g/mol. The summed E-state index contributed by atoms with van der Waals surface area (Å²) in [5, 5.41) is 1.30. The van der Waals surface area contributed by atoms with Crippen molar-refractivity contribution >= 4 is 21.0 Å². The normalized spacial score (nSPS) is 11.1. The Bertz CT molecular complexity index is 1000. The third-order valence-electron chi connectivity index (χ3n) is 4.19. The molecule has 132 valence electrons. The van der Waals surface area contributed by atoms with Crippen molar-refractivity contribution in [3.05, 3.63) is 70.9 Å². The van der Waals surface area contributed by atoms with Crippen LogP contribution in [0.15, 0.2) is 53.4 Å². The van der Waals surface area contributed by atoms with Gasteiger partial charge in [0.15, 0.2) is 5.69 Å². The van der Waals surface area contributed by atoms with Gasteiger partial charge in [-0.1, -0.05) is 29.8 Å². The van der Waals surface area contributed by atoms with Crippen LogP contribution in [0.3, 0.4) is 0 Å². The largest absolute Gasteiger partial charge is 0.744 e. The van der Waals surface area contributed by atoms with Crippen LogP contribution in [0.2, 0.25) is 0 Å². The molecule has 0 saturated carbocycles. The van der Waals surface area contributed by atoms with Gasteiger partial charge in [0.05, 0.1) is 4.90 Å². The lowest BCUT2D eigenvalue weighted by Gasteiger charge is -2.14. The maximum atomic E-state index is 10.8. The van der Waals surface area contributed by atoms with E-state index in [1.807, 2.05) is 6.92 Å². The summed E-state index contributed by atoms with van der Waals surface area (Å²) >= 11 is 0. The third-order valence-corrected chi connectivity index (χ3v) is 5.33. The predicted octanol–water partition coefficient (Wildman–Crippen LogP) is 3.49. The summed E-state index contributed by atoms with van der Waals surface area (Å²) in [6.07, 6.45) is 0. The van der Waals surface area contributed by atoms with E-state index in [-0.39, 0.29) is 4.90 Å². The smallest absolute Gasteiger partial charge is 0.212 e. The molecule has 5 heteroatoms. The fourth-order valence-electron chi connectivity index (χ4n) is 3.01. The Morgan fingerprint density at radius 1 is 0.880 bits per heavy atom. The highest BCUT2D eigenvalue weighted by Gasteiger charge is 2.09. The number of rotatable bonds is 1. The zero-order valence-corrected chi connectivity index (χ0v) is 16.0. The first-order chi connectivity index (χ1) is 11.6. The minimum absolute atomic E-state index is 0.0851. The monoisotopic (exact) mass is 357 g/mol. The summed E-state index contributed by atoms with van der Waals surface area (Å²) in [6.45, 7) is 7.24. The Morgan fingerprint density at radius 3 is 2.00 bits per heavy atom.